The number of rotatable bonds is 4. The molecular weight excluding hydrogens is 256 g/mol. The summed E-state index contributed by atoms with van der Waals surface area (Å²) < 4.78 is 4.78. The van der Waals surface area contributed by atoms with E-state index in [1.54, 1.807) is 11.1 Å². The number of carbonyl (C=O) groups excluding carboxylic acids is 2. The van der Waals surface area contributed by atoms with Crippen LogP contribution >= 0.6 is 0 Å². The van der Waals surface area contributed by atoms with Crippen LogP contribution < -0.4 is 0 Å². The zero-order valence-corrected chi connectivity index (χ0v) is 11.9. The van der Waals surface area contributed by atoms with Crippen LogP contribution in [-0.4, -0.2) is 42.0 Å². The second-order valence-electron chi connectivity index (χ2n) is 5.23. The highest BCUT2D eigenvalue weighted by molar-refractivity contribution is 5.79. The average Bonchev–Trinajstić information content (AvgIpc) is 2.87. The Morgan fingerprint density at radius 3 is 2.85 bits per heavy atom. The molecule has 1 aromatic heterocycles. The van der Waals surface area contributed by atoms with Crippen LogP contribution in [0.5, 0.6) is 0 Å². The number of methoxy groups -OCH3 is 1. The maximum absolute atomic E-state index is 12.2. The summed E-state index contributed by atoms with van der Waals surface area (Å²) in [4.78, 5) is 29.7. The minimum atomic E-state index is -0.225. The molecule has 1 amide bonds. The first-order chi connectivity index (χ1) is 9.61. The van der Waals surface area contributed by atoms with Gasteiger partial charge in [-0.05, 0) is 24.5 Å². The molecule has 108 valence electrons. The maximum Gasteiger partial charge on any atom is 0.310 e. The van der Waals surface area contributed by atoms with E-state index in [9.17, 15) is 9.59 Å². The molecule has 5 nitrogen and oxygen atoms in total. The summed E-state index contributed by atoms with van der Waals surface area (Å²) in [6.07, 6.45) is 2.79. The Kier molecular flexibility index (Phi) is 4.71. The molecule has 0 radical (unpaired) electrons. The second-order valence-corrected chi connectivity index (χ2v) is 5.23. The quantitative estimate of drug-likeness (QED) is 0.777. The van der Waals surface area contributed by atoms with Gasteiger partial charge >= 0.3 is 5.97 Å². The third-order valence-electron chi connectivity index (χ3n) is 3.79. The molecule has 1 aromatic rings. The number of hydrogen-bond acceptors (Lipinski definition) is 4. The fourth-order valence-electron chi connectivity index (χ4n) is 2.57. The molecule has 0 aromatic carbocycles. The van der Waals surface area contributed by atoms with Gasteiger partial charge in [0.1, 0.15) is 0 Å². The minimum absolute atomic E-state index is 0.0777. The van der Waals surface area contributed by atoms with E-state index >= 15 is 0 Å². The van der Waals surface area contributed by atoms with Gasteiger partial charge in [-0.25, -0.2) is 0 Å². The molecule has 1 fully saturated rings. The van der Waals surface area contributed by atoms with Crippen molar-refractivity contribution < 1.29 is 14.3 Å². The molecule has 0 saturated carbocycles. The van der Waals surface area contributed by atoms with Crippen molar-refractivity contribution in [2.24, 2.45) is 11.8 Å². The largest absolute Gasteiger partial charge is 0.469 e. The van der Waals surface area contributed by atoms with Gasteiger partial charge in [0, 0.05) is 31.4 Å². The first-order valence-electron chi connectivity index (χ1n) is 6.87. The average molecular weight is 276 g/mol. The number of amides is 1. The summed E-state index contributed by atoms with van der Waals surface area (Å²) in [7, 11) is 1.39. The Morgan fingerprint density at radius 1 is 1.40 bits per heavy atom. The van der Waals surface area contributed by atoms with E-state index < -0.39 is 0 Å². The first kappa shape index (κ1) is 14.5. The lowest BCUT2D eigenvalue weighted by Gasteiger charge is -2.15. The lowest BCUT2D eigenvalue weighted by Crippen LogP contribution is -2.30. The van der Waals surface area contributed by atoms with E-state index in [1.807, 2.05) is 25.1 Å². The van der Waals surface area contributed by atoms with Crippen molar-refractivity contribution in [1.29, 1.82) is 0 Å². The van der Waals surface area contributed by atoms with Crippen LogP contribution in [0.3, 0.4) is 0 Å². The fourth-order valence-corrected chi connectivity index (χ4v) is 2.57. The van der Waals surface area contributed by atoms with Crippen molar-refractivity contribution in [1.82, 2.24) is 9.88 Å². The van der Waals surface area contributed by atoms with E-state index in [4.69, 9.17) is 4.74 Å². The van der Waals surface area contributed by atoms with Crippen LogP contribution in [0.2, 0.25) is 0 Å². The number of pyridine rings is 1. The predicted octanol–water partition coefficient (Wildman–Crippen LogP) is 1.28. The zero-order valence-electron chi connectivity index (χ0n) is 11.9. The van der Waals surface area contributed by atoms with Crippen LogP contribution in [0.4, 0.5) is 0 Å². The third-order valence-corrected chi connectivity index (χ3v) is 3.79. The van der Waals surface area contributed by atoms with Crippen LogP contribution in [0.25, 0.3) is 0 Å². The molecule has 1 saturated heterocycles. The zero-order chi connectivity index (χ0) is 14.5. The number of carbonyl (C=O) groups is 2. The van der Waals surface area contributed by atoms with E-state index in [0.717, 1.165) is 5.69 Å². The molecule has 5 heteroatoms. The molecule has 2 heterocycles. The summed E-state index contributed by atoms with van der Waals surface area (Å²) in [6, 6.07) is 5.68. The normalized spacial score (nSPS) is 21.8. The van der Waals surface area contributed by atoms with Crippen LogP contribution in [0, 0.1) is 11.8 Å². The van der Waals surface area contributed by atoms with Crippen molar-refractivity contribution in [2.75, 3.05) is 20.2 Å². The van der Waals surface area contributed by atoms with Crippen molar-refractivity contribution in [3.05, 3.63) is 30.1 Å². The van der Waals surface area contributed by atoms with Crippen molar-refractivity contribution in [3.63, 3.8) is 0 Å². The molecule has 0 bridgehead atoms. The van der Waals surface area contributed by atoms with E-state index in [2.05, 4.69) is 4.98 Å². The standard InChI is InChI=1S/C15H20N2O3/c1-11-9-17(10-13(11)15(19)20-2)14(18)7-6-12-5-3-4-8-16-12/h3-5,8,11,13H,6-7,9-10H2,1-2H3. The molecule has 1 aliphatic heterocycles. The van der Waals surface area contributed by atoms with Gasteiger partial charge in [-0.2, -0.15) is 0 Å². The molecule has 0 N–H and O–H groups in total. The molecule has 2 unspecified atom stereocenters. The fraction of sp³-hybridized carbons (Fsp3) is 0.533. The van der Waals surface area contributed by atoms with Crippen molar-refractivity contribution in [3.8, 4) is 0 Å². The SMILES string of the molecule is COC(=O)C1CN(C(=O)CCc2ccccn2)CC1C. The van der Waals surface area contributed by atoms with Crippen molar-refractivity contribution in [2.45, 2.75) is 19.8 Å². The van der Waals surface area contributed by atoms with E-state index in [-0.39, 0.29) is 23.7 Å². The smallest absolute Gasteiger partial charge is 0.310 e. The predicted molar refractivity (Wildman–Crippen MR) is 73.8 cm³/mol. The van der Waals surface area contributed by atoms with Crippen molar-refractivity contribution >= 4 is 11.9 Å². The monoisotopic (exact) mass is 276 g/mol. The second kappa shape index (κ2) is 6.50. The van der Waals surface area contributed by atoms with Gasteiger partial charge in [-0.3, -0.25) is 14.6 Å². The maximum atomic E-state index is 12.2. The van der Waals surface area contributed by atoms with Gasteiger partial charge in [0.15, 0.2) is 0 Å². The molecule has 2 atom stereocenters. The summed E-state index contributed by atoms with van der Waals surface area (Å²) >= 11 is 0. The molecule has 1 aliphatic rings. The molecule has 2 rings (SSSR count). The van der Waals surface area contributed by atoms with Gasteiger partial charge in [0.25, 0.3) is 0 Å². The van der Waals surface area contributed by atoms with Crippen LogP contribution in [0.1, 0.15) is 19.0 Å². The lowest BCUT2D eigenvalue weighted by atomic mass is 9.99. The van der Waals surface area contributed by atoms with Gasteiger partial charge < -0.3 is 9.64 Å². The van der Waals surface area contributed by atoms with E-state index in [1.165, 1.54) is 7.11 Å². The Hall–Kier alpha value is -1.91. The topological polar surface area (TPSA) is 59.5 Å². The van der Waals surface area contributed by atoms with Gasteiger partial charge in [-0.1, -0.05) is 13.0 Å². The highest BCUT2D eigenvalue weighted by Crippen LogP contribution is 2.24. The Morgan fingerprint density at radius 2 is 2.20 bits per heavy atom. The summed E-state index contributed by atoms with van der Waals surface area (Å²) in [6.45, 7) is 3.07. The number of likely N-dealkylation sites (tertiary alicyclic amines) is 1. The molecule has 0 spiro atoms. The van der Waals surface area contributed by atoms with Gasteiger partial charge in [0.05, 0.1) is 13.0 Å². The number of aryl methyl sites for hydroxylation is 1. The highest BCUT2D eigenvalue weighted by Gasteiger charge is 2.37. The first-order valence-corrected chi connectivity index (χ1v) is 6.87. The Labute approximate surface area is 118 Å². The Bertz CT molecular complexity index is 475. The van der Waals surface area contributed by atoms with Crippen LogP contribution in [0.15, 0.2) is 24.4 Å². The Balaban J connectivity index is 1.86. The summed E-state index contributed by atoms with van der Waals surface area (Å²) in [5.74, 6) is -0.188. The lowest BCUT2D eigenvalue weighted by molar-refractivity contribution is -0.146. The number of aromatic nitrogens is 1. The number of ether oxygens (including phenoxy) is 1. The van der Waals surface area contributed by atoms with Gasteiger partial charge in [0.2, 0.25) is 5.91 Å². The number of nitrogens with zero attached hydrogens (tertiary/aromatic N) is 2. The molecule has 20 heavy (non-hydrogen) atoms. The number of esters is 1. The van der Waals surface area contributed by atoms with Crippen LogP contribution in [-0.2, 0) is 20.7 Å². The molecule has 0 aliphatic carbocycles. The van der Waals surface area contributed by atoms with E-state index in [0.29, 0.717) is 25.9 Å². The third kappa shape index (κ3) is 3.35. The van der Waals surface area contributed by atoms with Gasteiger partial charge in [-0.15, -0.1) is 0 Å². The summed E-state index contributed by atoms with van der Waals surface area (Å²) in [5.41, 5.74) is 0.914. The minimum Gasteiger partial charge on any atom is -0.469 e. The number of hydrogen-bond donors (Lipinski definition) is 0. The summed E-state index contributed by atoms with van der Waals surface area (Å²) in [5, 5.41) is 0. The highest BCUT2D eigenvalue weighted by atomic mass is 16.5. The molecular formula is C15H20N2O3.